The highest BCUT2D eigenvalue weighted by Gasteiger charge is 2.18. The Balaban J connectivity index is 2.18. The Bertz CT molecular complexity index is 421. The number of hydrogen-bond acceptors (Lipinski definition) is 4. The van der Waals surface area contributed by atoms with Crippen LogP contribution in [-0.4, -0.2) is 48.5 Å². The third kappa shape index (κ3) is 2.79. The van der Waals surface area contributed by atoms with Crippen LogP contribution in [0.4, 0.5) is 5.69 Å². The van der Waals surface area contributed by atoms with Gasteiger partial charge in [0.2, 0.25) is 0 Å². The van der Waals surface area contributed by atoms with Gasteiger partial charge in [-0.25, -0.2) is 0 Å². The number of hydrogen-bond donors (Lipinski definition) is 1. The second-order valence-corrected chi connectivity index (χ2v) is 4.53. The molecule has 1 aliphatic heterocycles. The third-order valence-corrected chi connectivity index (χ3v) is 3.44. The molecule has 0 bridgehead atoms. The molecular weight excluding hydrogens is 228 g/mol. The van der Waals surface area contributed by atoms with Gasteiger partial charge in [-0.2, -0.15) is 0 Å². The first kappa shape index (κ1) is 12.8. The molecule has 0 aromatic carbocycles. The van der Waals surface area contributed by atoms with Gasteiger partial charge in [-0.1, -0.05) is 6.92 Å². The van der Waals surface area contributed by atoms with Gasteiger partial charge in [0.1, 0.15) is 0 Å². The largest absolute Gasteiger partial charge is 0.369 e. The standard InChI is InChI=1S/C13H20N4O/c1-2-16-6-3-7-17(9-8-16)12-4-5-15-10-11(12)13(14)18/h4-5,10H,2-3,6-9H2,1H3,(H2,14,18). The molecule has 1 aromatic heterocycles. The van der Waals surface area contributed by atoms with Gasteiger partial charge in [0.25, 0.3) is 5.91 Å². The number of aromatic nitrogens is 1. The minimum Gasteiger partial charge on any atom is -0.369 e. The fourth-order valence-corrected chi connectivity index (χ4v) is 2.38. The number of primary amides is 1. The van der Waals surface area contributed by atoms with Crippen LogP contribution in [0.2, 0.25) is 0 Å². The number of pyridine rings is 1. The lowest BCUT2D eigenvalue weighted by Gasteiger charge is -2.24. The minimum atomic E-state index is -0.408. The van der Waals surface area contributed by atoms with E-state index in [1.807, 2.05) is 6.07 Å². The van der Waals surface area contributed by atoms with Crippen molar-refractivity contribution in [2.45, 2.75) is 13.3 Å². The fourth-order valence-electron chi connectivity index (χ4n) is 2.38. The maximum atomic E-state index is 11.4. The number of carbonyl (C=O) groups is 1. The molecule has 2 heterocycles. The molecule has 98 valence electrons. The zero-order valence-electron chi connectivity index (χ0n) is 10.8. The van der Waals surface area contributed by atoms with Crippen LogP contribution in [-0.2, 0) is 0 Å². The summed E-state index contributed by atoms with van der Waals surface area (Å²) < 4.78 is 0. The van der Waals surface area contributed by atoms with Crippen molar-refractivity contribution in [3.8, 4) is 0 Å². The normalized spacial score (nSPS) is 17.5. The third-order valence-electron chi connectivity index (χ3n) is 3.44. The van der Waals surface area contributed by atoms with Crippen LogP contribution in [0.25, 0.3) is 0 Å². The van der Waals surface area contributed by atoms with E-state index in [1.165, 1.54) is 0 Å². The Labute approximate surface area is 108 Å². The van der Waals surface area contributed by atoms with E-state index in [9.17, 15) is 4.79 Å². The average molecular weight is 248 g/mol. The molecule has 2 N–H and O–H groups in total. The molecule has 5 nitrogen and oxygen atoms in total. The van der Waals surface area contributed by atoms with Crippen molar-refractivity contribution in [3.05, 3.63) is 24.0 Å². The van der Waals surface area contributed by atoms with Gasteiger partial charge in [-0.05, 0) is 25.6 Å². The zero-order chi connectivity index (χ0) is 13.0. The lowest BCUT2D eigenvalue weighted by Crippen LogP contribution is -2.32. The van der Waals surface area contributed by atoms with Crippen molar-refractivity contribution in [1.29, 1.82) is 0 Å². The highest BCUT2D eigenvalue weighted by molar-refractivity contribution is 5.98. The lowest BCUT2D eigenvalue weighted by atomic mass is 10.2. The highest BCUT2D eigenvalue weighted by atomic mass is 16.1. The van der Waals surface area contributed by atoms with Crippen LogP contribution in [0.3, 0.4) is 0 Å². The molecule has 0 saturated carbocycles. The van der Waals surface area contributed by atoms with E-state index in [-0.39, 0.29) is 0 Å². The first-order valence-electron chi connectivity index (χ1n) is 6.43. The number of rotatable bonds is 3. The Kier molecular flexibility index (Phi) is 4.15. The van der Waals surface area contributed by atoms with E-state index in [0.717, 1.165) is 44.8 Å². The van der Waals surface area contributed by atoms with Crippen molar-refractivity contribution in [2.75, 3.05) is 37.6 Å². The topological polar surface area (TPSA) is 62.5 Å². The number of likely N-dealkylation sites (N-methyl/N-ethyl adjacent to an activating group) is 1. The Morgan fingerprint density at radius 3 is 2.94 bits per heavy atom. The number of amides is 1. The van der Waals surface area contributed by atoms with E-state index in [2.05, 4.69) is 21.7 Å². The number of nitrogens with zero attached hydrogens (tertiary/aromatic N) is 3. The predicted molar refractivity (Wildman–Crippen MR) is 71.7 cm³/mol. The van der Waals surface area contributed by atoms with Crippen LogP contribution in [0, 0.1) is 0 Å². The number of anilines is 1. The monoisotopic (exact) mass is 248 g/mol. The second kappa shape index (κ2) is 5.82. The van der Waals surface area contributed by atoms with Crippen LogP contribution >= 0.6 is 0 Å². The summed E-state index contributed by atoms with van der Waals surface area (Å²) in [5.74, 6) is -0.408. The zero-order valence-corrected chi connectivity index (χ0v) is 10.8. The molecule has 0 atom stereocenters. The summed E-state index contributed by atoms with van der Waals surface area (Å²) in [6.45, 7) is 7.28. The molecule has 0 aliphatic carbocycles. The van der Waals surface area contributed by atoms with Crippen LogP contribution in [0.5, 0.6) is 0 Å². The number of nitrogens with two attached hydrogens (primary N) is 1. The van der Waals surface area contributed by atoms with Crippen LogP contribution in [0.15, 0.2) is 18.5 Å². The molecule has 0 spiro atoms. The number of carbonyl (C=O) groups excluding carboxylic acids is 1. The molecule has 1 saturated heterocycles. The van der Waals surface area contributed by atoms with Gasteiger partial charge in [0.05, 0.1) is 11.3 Å². The van der Waals surface area contributed by atoms with Gasteiger partial charge >= 0.3 is 0 Å². The quantitative estimate of drug-likeness (QED) is 0.856. The summed E-state index contributed by atoms with van der Waals surface area (Å²) >= 11 is 0. The summed E-state index contributed by atoms with van der Waals surface area (Å²) in [5, 5.41) is 0. The Morgan fingerprint density at radius 2 is 2.22 bits per heavy atom. The SMILES string of the molecule is CCN1CCCN(c2ccncc2C(N)=O)CC1. The van der Waals surface area contributed by atoms with E-state index in [1.54, 1.807) is 12.4 Å². The summed E-state index contributed by atoms with van der Waals surface area (Å²) in [4.78, 5) is 20.0. The van der Waals surface area contributed by atoms with Crippen molar-refractivity contribution in [2.24, 2.45) is 5.73 Å². The first-order valence-corrected chi connectivity index (χ1v) is 6.43. The predicted octanol–water partition coefficient (Wildman–Crippen LogP) is 0.713. The Hall–Kier alpha value is -1.62. The van der Waals surface area contributed by atoms with Gasteiger partial charge < -0.3 is 15.5 Å². The van der Waals surface area contributed by atoms with Crippen molar-refractivity contribution in [1.82, 2.24) is 9.88 Å². The van der Waals surface area contributed by atoms with Gasteiger partial charge in [-0.3, -0.25) is 9.78 Å². The molecule has 2 rings (SSSR count). The molecule has 0 unspecified atom stereocenters. The van der Waals surface area contributed by atoms with Crippen molar-refractivity contribution >= 4 is 11.6 Å². The smallest absolute Gasteiger partial charge is 0.252 e. The lowest BCUT2D eigenvalue weighted by molar-refractivity contribution is 0.100. The van der Waals surface area contributed by atoms with Crippen LogP contribution < -0.4 is 10.6 Å². The minimum absolute atomic E-state index is 0.408. The Morgan fingerprint density at radius 1 is 1.39 bits per heavy atom. The van der Waals surface area contributed by atoms with Gasteiger partial charge in [0.15, 0.2) is 0 Å². The molecule has 1 aromatic rings. The van der Waals surface area contributed by atoms with E-state index in [4.69, 9.17) is 5.73 Å². The van der Waals surface area contributed by atoms with Crippen LogP contribution in [0.1, 0.15) is 23.7 Å². The summed E-state index contributed by atoms with van der Waals surface area (Å²) in [7, 11) is 0. The van der Waals surface area contributed by atoms with E-state index >= 15 is 0 Å². The summed E-state index contributed by atoms with van der Waals surface area (Å²) in [6, 6.07) is 1.88. The highest BCUT2D eigenvalue weighted by Crippen LogP contribution is 2.20. The molecule has 0 radical (unpaired) electrons. The molecule has 1 aliphatic rings. The molecule has 18 heavy (non-hydrogen) atoms. The molecule has 5 heteroatoms. The van der Waals surface area contributed by atoms with Crippen molar-refractivity contribution in [3.63, 3.8) is 0 Å². The molecule has 1 fully saturated rings. The van der Waals surface area contributed by atoms with Gasteiger partial charge in [-0.15, -0.1) is 0 Å². The summed E-state index contributed by atoms with van der Waals surface area (Å²) in [6.07, 6.45) is 4.37. The van der Waals surface area contributed by atoms with Crippen molar-refractivity contribution < 1.29 is 4.79 Å². The first-order chi connectivity index (χ1) is 8.72. The average Bonchev–Trinajstić information content (AvgIpc) is 2.63. The second-order valence-electron chi connectivity index (χ2n) is 4.53. The maximum absolute atomic E-state index is 11.4. The molecular formula is C13H20N4O. The van der Waals surface area contributed by atoms with E-state index in [0.29, 0.717) is 5.56 Å². The van der Waals surface area contributed by atoms with Gasteiger partial charge in [0, 0.05) is 32.0 Å². The van der Waals surface area contributed by atoms with E-state index < -0.39 is 5.91 Å². The molecule has 1 amide bonds. The summed E-state index contributed by atoms with van der Waals surface area (Å²) in [5.41, 5.74) is 6.83. The fraction of sp³-hybridized carbons (Fsp3) is 0.538. The maximum Gasteiger partial charge on any atom is 0.252 e.